The zero-order valence-corrected chi connectivity index (χ0v) is 13.2. The molecule has 0 amide bonds. The average molecular weight is 347 g/mol. The molecule has 0 aliphatic rings. The molecule has 0 atom stereocenters. The van der Waals surface area contributed by atoms with Crippen LogP contribution in [0, 0.1) is 10.1 Å². The predicted octanol–water partition coefficient (Wildman–Crippen LogP) is 3.68. The number of aromatic nitrogens is 2. The number of nitrogens with zero attached hydrogens (tertiary/aromatic N) is 3. The van der Waals surface area contributed by atoms with Gasteiger partial charge in [-0.15, -0.1) is 21.5 Å². The van der Waals surface area contributed by atoms with Gasteiger partial charge >= 0.3 is 0 Å². The number of rotatable bonds is 6. The van der Waals surface area contributed by atoms with Gasteiger partial charge in [-0.05, 0) is 11.4 Å². The summed E-state index contributed by atoms with van der Waals surface area (Å²) in [6.07, 6.45) is 0. The van der Waals surface area contributed by atoms with Gasteiger partial charge in [-0.3, -0.25) is 14.9 Å². The Morgan fingerprint density at radius 2 is 2.17 bits per heavy atom. The van der Waals surface area contributed by atoms with Crippen LogP contribution in [0.25, 0.3) is 10.8 Å². The van der Waals surface area contributed by atoms with E-state index in [4.69, 9.17) is 4.42 Å². The van der Waals surface area contributed by atoms with E-state index in [2.05, 4.69) is 10.2 Å². The first kappa shape index (κ1) is 15.4. The molecule has 0 saturated heterocycles. The van der Waals surface area contributed by atoms with Gasteiger partial charge in [0.25, 0.3) is 16.8 Å². The van der Waals surface area contributed by atoms with Gasteiger partial charge in [-0.2, -0.15) is 0 Å². The molecule has 116 valence electrons. The van der Waals surface area contributed by atoms with Crippen LogP contribution in [0.3, 0.4) is 0 Å². The molecule has 0 aliphatic heterocycles. The molecule has 3 rings (SSSR count). The molecular formula is C14H9N3O4S2. The van der Waals surface area contributed by atoms with Gasteiger partial charge < -0.3 is 4.42 Å². The lowest BCUT2D eigenvalue weighted by molar-refractivity contribution is -0.384. The van der Waals surface area contributed by atoms with E-state index in [0.29, 0.717) is 5.89 Å². The summed E-state index contributed by atoms with van der Waals surface area (Å²) in [5, 5.41) is 20.7. The number of hydrogen-bond acceptors (Lipinski definition) is 8. The quantitative estimate of drug-likeness (QED) is 0.290. The fourth-order valence-corrected chi connectivity index (χ4v) is 3.07. The Morgan fingerprint density at radius 3 is 2.91 bits per heavy atom. The van der Waals surface area contributed by atoms with Gasteiger partial charge in [-0.25, -0.2) is 0 Å². The molecular weight excluding hydrogens is 338 g/mol. The van der Waals surface area contributed by atoms with E-state index in [9.17, 15) is 14.9 Å². The lowest BCUT2D eigenvalue weighted by Crippen LogP contribution is -2.03. The standard InChI is InChI=1S/C14H9N3O4S2/c18-11(9-3-1-4-10(7-9)17(19)20)8-23-14-16-15-13(21-14)12-5-2-6-22-12/h1-7H,8H2. The SMILES string of the molecule is O=C(CSc1nnc(-c2cccs2)o1)c1cccc([N+](=O)[O-])c1. The largest absolute Gasteiger partial charge is 0.410 e. The zero-order chi connectivity index (χ0) is 16.2. The summed E-state index contributed by atoms with van der Waals surface area (Å²) in [6, 6.07) is 9.37. The Hall–Kier alpha value is -2.52. The van der Waals surface area contributed by atoms with Gasteiger partial charge in [0, 0.05) is 17.7 Å². The Bertz CT molecular complexity index is 845. The van der Waals surface area contributed by atoms with Crippen molar-refractivity contribution in [2.24, 2.45) is 0 Å². The second-order valence-electron chi connectivity index (χ2n) is 4.37. The van der Waals surface area contributed by atoms with E-state index < -0.39 is 4.92 Å². The van der Waals surface area contributed by atoms with Crippen LogP contribution >= 0.6 is 23.1 Å². The van der Waals surface area contributed by atoms with Crippen LogP contribution in [0.1, 0.15) is 10.4 Å². The highest BCUT2D eigenvalue weighted by molar-refractivity contribution is 7.99. The summed E-state index contributed by atoms with van der Waals surface area (Å²) in [5.41, 5.74) is 0.170. The van der Waals surface area contributed by atoms with Gasteiger partial charge in [-0.1, -0.05) is 30.0 Å². The number of thiophene rings is 1. The lowest BCUT2D eigenvalue weighted by atomic mass is 10.1. The van der Waals surface area contributed by atoms with Crippen molar-refractivity contribution in [3.63, 3.8) is 0 Å². The molecule has 0 saturated carbocycles. The van der Waals surface area contributed by atoms with Crippen LogP contribution in [0.5, 0.6) is 0 Å². The maximum Gasteiger partial charge on any atom is 0.277 e. The first-order chi connectivity index (χ1) is 11.1. The third-order valence-corrected chi connectivity index (χ3v) is 4.52. The van der Waals surface area contributed by atoms with E-state index in [1.165, 1.54) is 29.5 Å². The van der Waals surface area contributed by atoms with E-state index in [1.807, 2.05) is 17.5 Å². The molecule has 2 heterocycles. The van der Waals surface area contributed by atoms with E-state index >= 15 is 0 Å². The zero-order valence-electron chi connectivity index (χ0n) is 11.5. The topological polar surface area (TPSA) is 99.1 Å². The summed E-state index contributed by atoms with van der Waals surface area (Å²) < 4.78 is 5.47. The minimum atomic E-state index is -0.533. The summed E-state index contributed by atoms with van der Waals surface area (Å²) in [7, 11) is 0. The number of benzene rings is 1. The van der Waals surface area contributed by atoms with Crippen molar-refractivity contribution in [1.82, 2.24) is 10.2 Å². The van der Waals surface area contributed by atoms with Gasteiger partial charge in [0.1, 0.15) is 0 Å². The molecule has 23 heavy (non-hydrogen) atoms. The third kappa shape index (κ3) is 3.63. The first-order valence-corrected chi connectivity index (χ1v) is 8.28. The maximum absolute atomic E-state index is 12.1. The van der Waals surface area contributed by atoms with Crippen LogP contribution in [-0.4, -0.2) is 26.7 Å². The Morgan fingerprint density at radius 1 is 1.30 bits per heavy atom. The number of nitro benzene ring substituents is 1. The van der Waals surface area contributed by atoms with Crippen molar-refractivity contribution < 1.29 is 14.1 Å². The van der Waals surface area contributed by atoms with Crippen molar-refractivity contribution in [3.8, 4) is 10.8 Å². The monoisotopic (exact) mass is 347 g/mol. The smallest absolute Gasteiger partial charge is 0.277 e. The molecule has 1 aromatic carbocycles. The van der Waals surface area contributed by atoms with Crippen LogP contribution in [-0.2, 0) is 0 Å². The van der Waals surface area contributed by atoms with Crippen molar-refractivity contribution >= 4 is 34.6 Å². The summed E-state index contributed by atoms with van der Waals surface area (Å²) in [6.45, 7) is 0. The molecule has 3 aromatic rings. The summed E-state index contributed by atoms with van der Waals surface area (Å²) in [5.74, 6) is 0.229. The number of hydrogen-bond donors (Lipinski definition) is 0. The fourth-order valence-electron chi connectivity index (χ4n) is 1.77. The molecule has 0 spiro atoms. The number of thioether (sulfide) groups is 1. The highest BCUT2D eigenvalue weighted by Crippen LogP contribution is 2.27. The number of carbonyl (C=O) groups excluding carboxylic acids is 1. The molecule has 9 heteroatoms. The number of Topliss-reactive ketones (excluding diaryl/α,β-unsaturated/α-hetero) is 1. The Kier molecular flexibility index (Phi) is 4.49. The second kappa shape index (κ2) is 6.71. The van der Waals surface area contributed by atoms with Crippen LogP contribution in [0.2, 0.25) is 0 Å². The van der Waals surface area contributed by atoms with Crippen molar-refractivity contribution in [1.29, 1.82) is 0 Å². The van der Waals surface area contributed by atoms with Crippen LogP contribution in [0.4, 0.5) is 5.69 Å². The fraction of sp³-hybridized carbons (Fsp3) is 0.0714. The minimum absolute atomic E-state index is 0.0627. The lowest BCUT2D eigenvalue weighted by Gasteiger charge is -1.99. The molecule has 2 aromatic heterocycles. The molecule has 0 N–H and O–H groups in total. The van der Waals surface area contributed by atoms with Gasteiger partial charge in [0.2, 0.25) is 0 Å². The number of non-ortho nitro benzene ring substituents is 1. The van der Waals surface area contributed by atoms with Crippen molar-refractivity contribution in [2.75, 3.05) is 5.75 Å². The van der Waals surface area contributed by atoms with Gasteiger partial charge in [0.05, 0.1) is 15.6 Å². The van der Waals surface area contributed by atoms with E-state index in [0.717, 1.165) is 16.6 Å². The molecule has 0 unspecified atom stereocenters. The predicted molar refractivity (Wildman–Crippen MR) is 85.8 cm³/mol. The second-order valence-corrected chi connectivity index (χ2v) is 6.24. The maximum atomic E-state index is 12.1. The Labute approximate surface area is 138 Å². The molecule has 0 radical (unpaired) electrons. The summed E-state index contributed by atoms with van der Waals surface area (Å²) in [4.78, 5) is 23.1. The van der Waals surface area contributed by atoms with E-state index in [1.54, 1.807) is 6.07 Å². The van der Waals surface area contributed by atoms with Crippen molar-refractivity contribution in [3.05, 3.63) is 57.5 Å². The highest BCUT2D eigenvalue weighted by Gasteiger charge is 2.15. The first-order valence-electron chi connectivity index (χ1n) is 6.41. The highest BCUT2D eigenvalue weighted by atomic mass is 32.2. The average Bonchev–Trinajstić information content (AvgIpc) is 3.23. The molecule has 0 aliphatic carbocycles. The number of nitro groups is 1. The van der Waals surface area contributed by atoms with Crippen molar-refractivity contribution in [2.45, 2.75) is 5.22 Å². The number of ketones is 1. The Balaban J connectivity index is 1.65. The minimum Gasteiger partial charge on any atom is -0.410 e. The molecule has 0 bridgehead atoms. The van der Waals surface area contributed by atoms with Crippen LogP contribution < -0.4 is 0 Å². The van der Waals surface area contributed by atoms with Gasteiger partial charge in [0.15, 0.2) is 5.78 Å². The molecule has 7 nitrogen and oxygen atoms in total. The van der Waals surface area contributed by atoms with E-state index in [-0.39, 0.29) is 28.0 Å². The normalized spacial score (nSPS) is 10.6. The number of carbonyl (C=O) groups is 1. The summed E-state index contributed by atoms with van der Waals surface area (Å²) >= 11 is 2.58. The third-order valence-electron chi connectivity index (χ3n) is 2.84. The van der Waals surface area contributed by atoms with Crippen LogP contribution in [0.15, 0.2) is 51.4 Å². The molecule has 0 fully saturated rings.